The van der Waals surface area contributed by atoms with Crippen LogP contribution in [0.15, 0.2) is 17.6 Å². The second kappa shape index (κ2) is 5.70. The molecule has 0 unspecified atom stereocenters. The summed E-state index contributed by atoms with van der Waals surface area (Å²) in [6, 6.07) is 2.43. The van der Waals surface area contributed by atoms with E-state index in [0.29, 0.717) is 11.2 Å². The number of thiol groups is 1. The summed E-state index contributed by atoms with van der Waals surface area (Å²) in [6.07, 6.45) is 1.54. The molecular formula is C14H18BF2NO2S. The van der Waals surface area contributed by atoms with Crippen LogP contribution in [-0.4, -0.2) is 29.1 Å². The van der Waals surface area contributed by atoms with E-state index in [4.69, 9.17) is 9.31 Å². The van der Waals surface area contributed by atoms with Gasteiger partial charge in [0, 0.05) is 11.3 Å². The van der Waals surface area contributed by atoms with Gasteiger partial charge in [0.25, 0.3) is 0 Å². The molecule has 0 aromatic carbocycles. The second-order valence-electron chi connectivity index (χ2n) is 5.98. The van der Waals surface area contributed by atoms with Crippen molar-refractivity contribution in [1.82, 2.24) is 4.98 Å². The van der Waals surface area contributed by atoms with Gasteiger partial charge in [0.1, 0.15) is 0 Å². The van der Waals surface area contributed by atoms with Gasteiger partial charge >= 0.3 is 7.12 Å². The molecule has 114 valence electrons. The topological polar surface area (TPSA) is 31.4 Å². The molecule has 0 spiro atoms. The molecule has 1 fully saturated rings. The smallest absolute Gasteiger partial charge is 0.400 e. The zero-order valence-corrected chi connectivity index (χ0v) is 13.4. The van der Waals surface area contributed by atoms with Crippen LogP contribution in [0, 0.1) is 11.9 Å². The minimum atomic E-state index is -0.870. The van der Waals surface area contributed by atoms with Gasteiger partial charge in [-0.05, 0) is 45.3 Å². The number of hydrogen-bond acceptors (Lipinski definition) is 4. The molecule has 1 aromatic heterocycles. The van der Waals surface area contributed by atoms with Crippen molar-refractivity contribution >= 4 is 25.8 Å². The third kappa shape index (κ3) is 3.30. The van der Waals surface area contributed by atoms with Crippen molar-refractivity contribution < 1.29 is 18.1 Å². The predicted molar refractivity (Wildman–Crippen MR) is 82.1 cm³/mol. The Bertz CT molecular complexity index is 562. The fourth-order valence-electron chi connectivity index (χ4n) is 1.91. The highest BCUT2D eigenvalue weighted by Gasteiger charge is 2.52. The fraction of sp³-hybridized carbons (Fsp3) is 0.500. The van der Waals surface area contributed by atoms with Crippen LogP contribution in [0.3, 0.4) is 0 Å². The zero-order chi connectivity index (χ0) is 15.8. The first-order valence-electron chi connectivity index (χ1n) is 6.65. The Morgan fingerprint density at radius 2 is 1.81 bits per heavy atom. The van der Waals surface area contributed by atoms with Gasteiger partial charge in [-0.25, -0.2) is 0 Å². The van der Waals surface area contributed by atoms with E-state index in [9.17, 15) is 8.78 Å². The molecule has 0 atom stereocenters. The molecule has 21 heavy (non-hydrogen) atoms. The van der Waals surface area contributed by atoms with E-state index >= 15 is 0 Å². The third-order valence-corrected chi connectivity index (χ3v) is 4.29. The van der Waals surface area contributed by atoms with E-state index < -0.39 is 30.2 Å². The normalized spacial score (nSPS) is 20.9. The molecule has 1 aromatic rings. The Balaban J connectivity index is 2.31. The maximum atomic E-state index is 13.6. The maximum absolute atomic E-state index is 13.6. The van der Waals surface area contributed by atoms with Crippen LogP contribution in [0.5, 0.6) is 0 Å². The van der Waals surface area contributed by atoms with E-state index in [-0.39, 0.29) is 5.56 Å². The summed E-state index contributed by atoms with van der Waals surface area (Å²) in [7, 11) is -0.614. The van der Waals surface area contributed by atoms with E-state index in [0.717, 1.165) is 6.07 Å². The highest BCUT2D eigenvalue weighted by atomic mass is 32.1. The summed E-state index contributed by atoms with van der Waals surface area (Å²) in [6.45, 7) is 7.73. The zero-order valence-electron chi connectivity index (χ0n) is 12.5. The molecule has 0 bridgehead atoms. The Labute approximate surface area is 129 Å². The molecule has 0 N–H and O–H groups in total. The summed E-state index contributed by atoms with van der Waals surface area (Å²) in [5.74, 6) is -1.40. The standard InChI is InChI=1S/C14H18BF2NO2S/c1-13(2)14(3,4)20-15(19-13)10(8-21)7-9-5-6-11(16)18-12(9)17/h5-7,21H,8H2,1-4H3. The van der Waals surface area contributed by atoms with Gasteiger partial charge in [0.05, 0.1) is 11.2 Å². The van der Waals surface area contributed by atoms with Gasteiger partial charge in [-0.1, -0.05) is 6.08 Å². The summed E-state index contributed by atoms with van der Waals surface area (Å²) in [4.78, 5) is 3.16. The lowest BCUT2D eigenvalue weighted by molar-refractivity contribution is 0.00578. The van der Waals surface area contributed by atoms with Crippen LogP contribution in [0.4, 0.5) is 8.78 Å². The number of hydrogen-bond donors (Lipinski definition) is 1. The molecule has 0 amide bonds. The van der Waals surface area contributed by atoms with Gasteiger partial charge < -0.3 is 9.31 Å². The summed E-state index contributed by atoms with van der Waals surface area (Å²) >= 11 is 4.24. The van der Waals surface area contributed by atoms with E-state index in [1.807, 2.05) is 27.7 Å². The molecule has 2 rings (SSSR count). The van der Waals surface area contributed by atoms with Crippen molar-refractivity contribution in [3.8, 4) is 0 Å². The van der Waals surface area contributed by atoms with Crippen LogP contribution in [0.1, 0.15) is 33.3 Å². The van der Waals surface area contributed by atoms with Crippen LogP contribution >= 0.6 is 12.6 Å². The fourth-order valence-corrected chi connectivity index (χ4v) is 2.15. The molecular weight excluding hydrogens is 295 g/mol. The number of rotatable bonds is 3. The van der Waals surface area contributed by atoms with E-state index in [1.54, 1.807) is 0 Å². The summed E-state index contributed by atoms with van der Waals surface area (Å²) in [5, 5.41) is 0. The quantitative estimate of drug-likeness (QED) is 0.528. The lowest BCUT2D eigenvalue weighted by Crippen LogP contribution is -2.41. The van der Waals surface area contributed by atoms with Crippen molar-refractivity contribution in [3.63, 3.8) is 0 Å². The number of pyridine rings is 1. The lowest BCUT2D eigenvalue weighted by atomic mass is 9.78. The first-order chi connectivity index (χ1) is 9.66. The largest absolute Gasteiger partial charge is 0.491 e. The number of aromatic nitrogens is 1. The molecule has 1 saturated heterocycles. The van der Waals surface area contributed by atoms with Gasteiger partial charge in [0.15, 0.2) is 0 Å². The average Bonchev–Trinajstić information content (AvgIpc) is 2.57. The Hall–Kier alpha value is -0.915. The molecule has 0 saturated carbocycles. The molecule has 1 aliphatic heterocycles. The Morgan fingerprint density at radius 1 is 1.24 bits per heavy atom. The van der Waals surface area contributed by atoms with Gasteiger partial charge in [-0.3, -0.25) is 0 Å². The third-order valence-electron chi connectivity index (χ3n) is 3.92. The van der Waals surface area contributed by atoms with Crippen molar-refractivity contribution in [2.45, 2.75) is 38.9 Å². The number of halogens is 2. The van der Waals surface area contributed by atoms with Crippen molar-refractivity contribution in [2.75, 3.05) is 5.75 Å². The second-order valence-corrected chi connectivity index (χ2v) is 6.30. The maximum Gasteiger partial charge on any atom is 0.491 e. The van der Waals surface area contributed by atoms with Crippen LogP contribution in [-0.2, 0) is 9.31 Å². The minimum Gasteiger partial charge on any atom is -0.400 e. The molecule has 0 aliphatic carbocycles. The van der Waals surface area contributed by atoms with Crippen molar-refractivity contribution in [1.29, 1.82) is 0 Å². The van der Waals surface area contributed by atoms with Crippen LogP contribution in [0.2, 0.25) is 0 Å². The Morgan fingerprint density at radius 3 is 2.29 bits per heavy atom. The lowest BCUT2D eigenvalue weighted by Gasteiger charge is -2.32. The first kappa shape index (κ1) is 16.5. The Kier molecular flexibility index (Phi) is 4.47. The van der Waals surface area contributed by atoms with E-state index in [2.05, 4.69) is 17.6 Å². The molecule has 0 radical (unpaired) electrons. The highest BCUT2D eigenvalue weighted by molar-refractivity contribution is 7.80. The monoisotopic (exact) mass is 313 g/mol. The summed E-state index contributed by atoms with van der Waals surface area (Å²) < 4.78 is 38.3. The van der Waals surface area contributed by atoms with Crippen molar-refractivity contribution in [3.05, 3.63) is 35.1 Å². The van der Waals surface area contributed by atoms with Crippen molar-refractivity contribution in [2.24, 2.45) is 0 Å². The summed E-state index contributed by atoms with van der Waals surface area (Å²) in [5.41, 5.74) is -0.141. The predicted octanol–water partition coefficient (Wildman–Crippen LogP) is 3.30. The van der Waals surface area contributed by atoms with Gasteiger partial charge in [-0.15, -0.1) is 0 Å². The number of nitrogens with zero attached hydrogens (tertiary/aromatic N) is 1. The minimum absolute atomic E-state index is 0.176. The average molecular weight is 313 g/mol. The van der Waals surface area contributed by atoms with Gasteiger partial charge in [-0.2, -0.15) is 26.4 Å². The van der Waals surface area contributed by atoms with Gasteiger partial charge in [0.2, 0.25) is 11.9 Å². The highest BCUT2D eigenvalue weighted by Crippen LogP contribution is 2.39. The van der Waals surface area contributed by atoms with Crippen LogP contribution < -0.4 is 0 Å². The molecule has 3 nitrogen and oxygen atoms in total. The van der Waals surface area contributed by atoms with E-state index in [1.165, 1.54) is 12.1 Å². The molecule has 7 heteroatoms. The SMILES string of the molecule is CC1(C)OB(C(=Cc2ccc(F)nc2F)CS)OC1(C)C. The molecule has 1 aliphatic rings. The van der Waals surface area contributed by atoms with Crippen LogP contribution in [0.25, 0.3) is 6.08 Å². The molecule has 2 heterocycles. The first-order valence-corrected chi connectivity index (χ1v) is 7.28.